The highest BCUT2D eigenvalue weighted by Crippen LogP contribution is 2.42. The van der Waals surface area contributed by atoms with Gasteiger partial charge in [0.1, 0.15) is 23.3 Å². The summed E-state index contributed by atoms with van der Waals surface area (Å²) in [5.41, 5.74) is 5.23. The lowest BCUT2D eigenvalue weighted by Crippen LogP contribution is -2.30. The highest BCUT2D eigenvalue weighted by molar-refractivity contribution is 7.80. The van der Waals surface area contributed by atoms with Gasteiger partial charge in [-0.2, -0.15) is 0 Å². The number of aryl methyl sites for hydroxylation is 1. The first kappa shape index (κ1) is 25.6. The minimum Gasteiger partial charge on any atom is -0.494 e. The van der Waals surface area contributed by atoms with Gasteiger partial charge < -0.3 is 24.3 Å². The maximum atomic E-state index is 6.08. The van der Waals surface area contributed by atoms with Crippen molar-refractivity contribution in [1.29, 1.82) is 0 Å². The molecule has 3 aromatic carbocycles. The molecule has 6 nitrogen and oxygen atoms in total. The predicted molar refractivity (Wildman–Crippen MR) is 163 cm³/mol. The van der Waals surface area contributed by atoms with E-state index in [9.17, 15) is 0 Å². The molecule has 0 unspecified atom stereocenters. The van der Waals surface area contributed by atoms with Gasteiger partial charge in [0, 0.05) is 29.5 Å². The van der Waals surface area contributed by atoms with Crippen LogP contribution in [0, 0.1) is 6.92 Å². The van der Waals surface area contributed by atoms with Gasteiger partial charge in [-0.1, -0.05) is 23.8 Å². The zero-order chi connectivity index (χ0) is 27.5. The highest BCUT2D eigenvalue weighted by Gasteiger charge is 2.42. The summed E-state index contributed by atoms with van der Waals surface area (Å²) in [6.45, 7) is 4.68. The summed E-state index contributed by atoms with van der Waals surface area (Å²) >= 11 is 5.94. The maximum Gasteiger partial charge on any atom is 0.174 e. The van der Waals surface area contributed by atoms with Crippen LogP contribution in [0.5, 0.6) is 17.2 Å². The number of nitrogens with zero attached hydrogens (tertiary/aromatic N) is 3. The van der Waals surface area contributed by atoms with Gasteiger partial charge in [-0.3, -0.25) is 4.98 Å². The van der Waals surface area contributed by atoms with Crippen LogP contribution in [-0.4, -0.2) is 21.3 Å². The number of thiocarbonyl (C=S) groups is 1. The van der Waals surface area contributed by atoms with Crippen LogP contribution in [0.2, 0.25) is 0 Å². The summed E-state index contributed by atoms with van der Waals surface area (Å²) in [6.07, 6.45) is 3.90. The molecule has 0 saturated carbocycles. The van der Waals surface area contributed by atoms with E-state index < -0.39 is 0 Å². The van der Waals surface area contributed by atoms with Crippen molar-refractivity contribution in [3.8, 4) is 22.9 Å². The van der Waals surface area contributed by atoms with Crippen LogP contribution in [0.1, 0.15) is 36.0 Å². The summed E-state index contributed by atoms with van der Waals surface area (Å²) in [5.74, 6) is 2.42. The van der Waals surface area contributed by atoms with Crippen LogP contribution in [0.25, 0.3) is 5.69 Å². The van der Waals surface area contributed by atoms with Gasteiger partial charge >= 0.3 is 0 Å². The van der Waals surface area contributed by atoms with E-state index in [1.54, 1.807) is 0 Å². The highest BCUT2D eigenvalue weighted by atomic mass is 32.1. The number of aromatic nitrogens is 2. The molecule has 0 bridgehead atoms. The molecule has 0 spiro atoms. The molecule has 1 N–H and O–H groups in total. The summed E-state index contributed by atoms with van der Waals surface area (Å²) in [7, 11) is 0. The summed E-state index contributed by atoms with van der Waals surface area (Å²) in [4.78, 5) is 6.86. The second-order valence-electron chi connectivity index (χ2n) is 9.64. The van der Waals surface area contributed by atoms with Crippen molar-refractivity contribution in [2.75, 3.05) is 11.5 Å². The number of benzene rings is 3. The molecule has 1 saturated heterocycles. The molecule has 1 fully saturated rings. The summed E-state index contributed by atoms with van der Waals surface area (Å²) < 4.78 is 13.9. The van der Waals surface area contributed by atoms with Gasteiger partial charge in [-0.25, -0.2) is 0 Å². The normalized spacial score (nSPS) is 16.6. The minimum atomic E-state index is -0.146. The van der Waals surface area contributed by atoms with Gasteiger partial charge in [0.2, 0.25) is 0 Å². The summed E-state index contributed by atoms with van der Waals surface area (Å²) in [5, 5.41) is 4.20. The molecule has 0 aliphatic carbocycles. The van der Waals surface area contributed by atoms with Crippen molar-refractivity contribution in [3.05, 3.63) is 132 Å². The molecule has 0 radical (unpaired) electrons. The van der Waals surface area contributed by atoms with Gasteiger partial charge in [-0.05, 0) is 111 Å². The van der Waals surface area contributed by atoms with Crippen molar-refractivity contribution in [1.82, 2.24) is 14.9 Å². The molecule has 3 heterocycles. The first-order valence-corrected chi connectivity index (χ1v) is 13.8. The molecule has 6 rings (SSSR count). The fourth-order valence-electron chi connectivity index (χ4n) is 5.09. The molecule has 7 heteroatoms. The Labute approximate surface area is 239 Å². The monoisotopic (exact) mass is 546 g/mol. The Morgan fingerprint density at radius 3 is 2.15 bits per heavy atom. The van der Waals surface area contributed by atoms with Crippen LogP contribution in [0.3, 0.4) is 0 Å². The maximum absolute atomic E-state index is 6.08. The van der Waals surface area contributed by atoms with Crippen molar-refractivity contribution < 1.29 is 9.47 Å². The topological polar surface area (TPSA) is 51.5 Å². The predicted octanol–water partition coefficient (Wildman–Crippen LogP) is 7.55. The number of rotatable bonds is 8. The molecule has 40 heavy (non-hydrogen) atoms. The van der Waals surface area contributed by atoms with E-state index in [-0.39, 0.29) is 12.1 Å². The third-order valence-corrected chi connectivity index (χ3v) is 7.29. The third kappa shape index (κ3) is 5.16. The molecule has 1 aliphatic rings. The minimum absolute atomic E-state index is 0.145. The average molecular weight is 547 g/mol. The largest absolute Gasteiger partial charge is 0.494 e. The van der Waals surface area contributed by atoms with E-state index in [2.05, 4.69) is 64.3 Å². The lowest BCUT2D eigenvalue weighted by Gasteiger charge is -2.29. The van der Waals surface area contributed by atoms with Crippen molar-refractivity contribution in [2.24, 2.45) is 0 Å². The van der Waals surface area contributed by atoms with Crippen LogP contribution in [0.4, 0.5) is 5.69 Å². The van der Waals surface area contributed by atoms with E-state index >= 15 is 0 Å². The third-order valence-electron chi connectivity index (χ3n) is 6.98. The van der Waals surface area contributed by atoms with E-state index in [1.807, 2.05) is 79.9 Å². The molecule has 0 amide bonds. The molecule has 5 aromatic rings. The number of ether oxygens (including phenoxy) is 2. The molecular formula is C33H30N4O2S. The van der Waals surface area contributed by atoms with Crippen LogP contribution in [-0.2, 0) is 0 Å². The number of hydrogen-bond donors (Lipinski definition) is 1. The fourth-order valence-corrected chi connectivity index (χ4v) is 5.44. The lowest BCUT2D eigenvalue weighted by molar-refractivity contribution is 0.340. The molecule has 2 aromatic heterocycles. The van der Waals surface area contributed by atoms with E-state index in [0.717, 1.165) is 40.0 Å². The van der Waals surface area contributed by atoms with Crippen LogP contribution in [0.15, 0.2) is 116 Å². The van der Waals surface area contributed by atoms with Gasteiger partial charge in [-0.15, -0.1) is 0 Å². The average Bonchev–Trinajstić information content (AvgIpc) is 3.60. The standard InChI is InChI=1S/C33H30N4O2S/c1-3-38-26-17-11-24(12-18-26)36-22-6-8-30(36)32-31(29-7-4-5-21-34-29)35-33(40)37(32)25-13-19-28(20-14-25)39-27-15-9-23(2)10-16-27/h4-22,31-32H,3H2,1-2H3,(H,35,40)/t31-,32+/m1/s1. The number of nitrogens with one attached hydrogen (secondary N) is 1. The van der Waals surface area contributed by atoms with Gasteiger partial charge in [0.25, 0.3) is 0 Å². The molecular weight excluding hydrogens is 516 g/mol. The Morgan fingerprint density at radius 1 is 0.800 bits per heavy atom. The Balaban J connectivity index is 1.37. The zero-order valence-corrected chi connectivity index (χ0v) is 23.2. The Bertz CT molecular complexity index is 1580. The second-order valence-corrected chi connectivity index (χ2v) is 10.0. The number of pyridine rings is 1. The van der Waals surface area contributed by atoms with Gasteiger partial charge in [0.05, 0.1) is 18.3 Å². The second kappa shape index (κ2) is 11.2. The van der Waals surface area contributed by atoms with Crippen LogP contribution >= 0.6 is 12.2 Å². The fraction of sp³-hybridized carbons (Fsp3) is 0.152. The SMILES string of the molecule is CCOc1ccc(-n2cccc2[C@H]2[C@@H](c3ccccn3)NC(=S)N2c2ccc(Oc3ccc(C)cc3)cc2)cc1. The van der Waals surface area contributed by atoms with E-state index in [0.29, 0.717) is 11.7 Å². The summed E-state index contributed by atoms with van der Waals surface area (Å²) in [6, 6.07) is 34.2. The molecule has 1 aliphatic heterocycles. The molecule has 2 atom stereocenters. The Kier molecular flexibility index (Phi) is 7.21. The van der Waals surface area contributed by atoms with Crippen LogP contribution < -0.4 is 19.7 Å². The van der Waals surface area contributed by atoms with E-state index in [1.165, 1.54) is 5.56 Å². The quantitative estimate of drug-likeness (QED) is 0.203. The number of anilines is 1. The first-order valence-electron chi connectivity index (χ1n) is 13.4. The Morgan fingerprint density at radius 2 is 1.48 bits per heavy atom. The molecule has 200 valence electrons. The van der Waals surface area contributed by atoms with Crippen molar-refractivity contribution in [3.63, 3.8) is 0 Å². The first-order chi connectivity index (χ1) is 19.6. The van der Waals surface area contributed by atoms with E-state index in [4.69, 9.17) is 26.7 Å². The number of hydrogen-bond acceptors (Lipinski definition) is 4. The smallest absolute Gasteiger partial charge is 0.174 e. The van der Waals surface area contributed by atoms with Gasteiger partial charge in [0.15, 0.2) is 5.11 Å². The Hall–Kier alpha value is -4.62. The van der Waals surface area contributed by atoms with Crippen molar-refractivity contribution in [2.45, 2.75) is 25.9 Å². The zero-order valence-electron chi connectivity index (χ0n) is 22.4. The van der Waals surface area contributed by atoms with Crippen molar-refractivity contribution >= 4 is 23.0 Å². The lowest BCUT2D eigenvalue weighted by atomic mass is 10.0.